The highest BCUT2D eigenvalue weighted by Crippen LogP contribution is 2.40. The molecule has 4 heterocycles. The quantitative estimate of drug-likeness (QED) is 0.590. The molecule has 2 aliphatic rings. The van der Waals surface area contributed by atoms with Gasteiger partial charge in [0.05, 0.1) is 7.11 Å². The van der Waals surface area contributed by atoms with Gasteiger partial charge in [-0.15, -0.1) is 0 Å². The number of aliphatic carboxylic acids is 2. The number of nitrogens with zero attached hydrogens (tertiary/aromatic N) is 3. The summed E-state index contributed by atoms with van der Waals surface area (Å²) in [6.07, 6.45) is 2.56. The van der Waals surface area contributed by atoms with Crippen molar-refractivity contribution in [3.63, 3.8) is 0 Å². The van der Waals surface area contributed by atoms with Gasteiger partial charge in [0, 0.05) is 60.0 Å². The van der Waals surface area contributed by atoms with E-state index in [1.54, 1.807) is 41.1 Å². The van der Waals surface area contributed by atoms with Gasteiger partial charge in [-0.05, 0) is 36.6 Å². The highest BCUT2D eigenvalue weighted by Gasteiger charge is 2.40. The fourth-order valence-corrected chi connectivity index (χ4v) is 5.56. The molecule has 0 unspecified atom stereocenters. The van der Waals surface area contributed by atoms with E-state index in [0.29, 0.717) is 41.9 Å². The summed E-state index contributed by atoms with van der Waals surface area (Å²) >= 11 is 0. The molecule has 172 valence electrons. The first-order valence-electron chi connectivity index (χ1n) is 10.9. The zero-order valence-electron chi connectivity index (χ0n) is 18.2. The molecule has 3 aromatic rings. The van der Waals surface area contributed by atoms with Crippen LogP contribution in [0.3, 0.4) is 0 Å². The van der Waals surface area contributed by atoms with Gasteiger partial charge in [-0.3, -0.25) is 19.3 Å². The Morgan fingerprint density at radius 1 is 1.15 bits per heavy atom. The number of pyridine rings is 1. The van der Waals surface area contributed by atoms with Gasteiger partial charge in [0.25, 0.3) is 5.56 Å². The van der Waals surface area contributed by atoms with Crippen molar-refractivity contribution in [3.8, 4) is 5.75 Å². The van der Waals surface area contributed by atoms with Crippen molar-refractivity contribution >= 4 is 22.8 Å². The van der Waals surface area contributed by atoms with Crippen molar-refractivity contribution in [3.05, 3.63) is 64.2 Å². The molecule has 2 N–H and O–H groups in total. The third-order valence-corrected chi connectivity index (χ3v) is 6.83. The average Bonchev–Trinajstić information content (AvgIpc) is 3.11. The number of methoxy groups -OCH3 is 1. The third-order valence-electron chi connectivity index (χ3n) is 6.83. The second-order valence-corrected chi connectivity index (χ2v) is 8.88. The first-order chi connectivity index (χ1) is 15.9. The van der Waals surface area contributed by atoms with E-state index in [1.165, 1.54) is 7.11 Å². The predicted molar refractivity (Wildman–Crippen MR) is 120 cm³/mol. The molecule has 0 spiro atoms. The minimum Gasteiger partial charge on any atom is -0.497 e. The monoisotopic (exact) mass is 451 g/mol. The lowest BCUT2D eigenvalue weighted by Gasteiger charge is -2.44. The largest absolute Gasteiger partial charge is 0.497 e. The molecule has 9 heteroatoms. The van der Waals surface area contributed by atoms with E-state index in [9.17, 15) is 24.6 Å². The molecule has 1 aromatic carbocycles. The van der Waals surface area contributed by atoms with E-state index >= 15 is 0 Å². The van der Waals surface area contributed by atoms with Crippen molar-refractivity contribution in [2.45, 2.75) is 31.5 Å². The summed E-state index contributed by atoms with van der Waals surface area (Å²) in [5.41, 5.74) is 2.12. The smallest absolute Gasteiger partial charge is 0.325 e. The Hall–Kier alpha value is -3.59. The van der Waals surface area contributed by atoms with Crippen LogP contribution in [-0.4, -0.2) is 56.4 Å². The van der Waals surface area contributed by atoms with E-state index in [2.05, 4.69) is 0 Å². The van der Waals surface area contributed by atoms with E-state index < -0.39 is 18.0 Å². The molecule has 33 heavy (non-hydrogen) atoms. The van der Waals surface area contributed by atoms with E-state index in [1.807, 2.05) is 15.5 Å². The summed E-state index contributed by atoms with van der Waals surface area (Å²) < 4.78 is 8.73. The molecular weight excluding hydrogens is 426 g/mol. The molecule has 2 aliphatic heterocycles. The number of carbonyl (C=O) groups is 2. The molecule has 0 radical (unpaired) electrons. The fraction of sp³-hybridized carbons (Fsp3) is 0.375. The lowest BCUT2D eigenvalue weighted by Crippen LogP contribution is -2.49. The number of hydrogen-bond acceptors (Lipinski definition) is 5. The van der Waals surface area contributed by atoms with Gasteiger partial charge in [-0.1, -0.05) is 6.07 Å². The van der Waals surface area contributed by atoms with Gasteiger partial charge in [0.2, 0.25) is 0 Å². The van der Waals surface area contributed by atoms with Crippen LogP contribution >= 0.6 is 0 Å². The summed E-state index contributed by atoms with van der Waals surface area (Å²) in [5, 5.41) is 20.3. The van der Waals surface area contributed by atoms with Crippen LogP contribution in [0.15, 0.2) is 47.4 Å². The van der Waals surface area contributed by atoms with Gasteiger partial charge in [0.15, 0.2) is 0 Å². The Balaban J connectivity index is 1.58. The number of ether oxygens (including phenoxy) is 1. The molecule has 0 aliphatic carbocycles. The Kier molecular flexibility index (Phi) is 5.20. The molecule has 3 atom stereocenters. The normalized spacial score (nSPS) is 20.9. The summed E-state index contributed by atoms with van der Waals surface area (Å²) in [4.78, 5) is 38.3. The summed E-state index contributed by atoms with van der Waals surface area (Å²) in [7, 11) is 1.54. The number of aromatic nitrogens is 2. The minimum absolute atomic E-state index is 0.0192. The van der Waals surface area contributed by atoms with Crippen LogP contribution in [0.2, 0.25) is 0 Å². The maximum atomic E-state index is 12.6. The van der Waals surface area contributed by atoms with Crippen LogP contribution in [0, 0.1) is 5.92 Å². The molecule has 0 amide bonds. The number of carboxylic acid groups (broad SMARTS) is 2. The van der Waals surface area contributed by atoms with Crippen LogP contribution < -0.4 is 10.3 Å². The maximum Gasteiger partial charge on any atom is 0.325 e. The zero-order valence-corrected chi connectivity index (χ0v) is 18.2. The molecule has 2 bridgehead atoms. The van der Waals surface area contributed by atoms with Crippen molar-refractivity contribution < 1.29 is 24.5 Å². The fourth-order valence-electron chi connectivity index (χ4n) is 5.56. The maximum absolute atomic E-state index is 12.6. The summed E-state index contributed by atoms with van der Waals surface area (Å²) in [6, 6.07) is 9.58. The molecular formula is C24H25N3O6. The van der Waals surface area contributed by atoms with Crippen LogP contribution in [-0.2, 0) is 22.7 Å². The summed E-state index contributed by atoms with van der Waals surface area (Å²) in [5.74, 6) is -1.19. The number of piperidine rings is 1. The summed E-state index contributed by atoms with van der Waals surface area (Å²) in [6.45, 7) is 1.36. The second kappa shape index (κ2) is 8.08. The number of fused-ring (bicyclic) bond motifs is 5. The third kappa shape index (κ3) is 3.68. The number of rotatable bonds is 6. The van der Waals surface area contributed by atoms with Crippen molar-refractivity contribution in [1.82, 2.24) is 14.0 Å². The SMILES string of the molecule is COc1ccc2c(c1)c([C@@H](C(=O)O)N1C[C@@H]3C[C@@H](C1)c1cccc(=O)n1C3)cn2CC(=O)O. The van der Waals surface area contributed by atoms with Gasteiger partial charge in [-0.25, -0.2) is 0 Å². The van der Waals surface area contributed by atoms with E-state index in [0.717, 1.165) is 12.1 Å². The number of likely N-dealkylation sites (tertiary alicyclic amines) is 1. The molecule has 1 fully saturated rings. The van der Waals surface area contributed by atoms with Crippen LogP contribution in [0.4, 0.5) is 0 Å². The standard InChI is InChI=1S/C24H25N3O6/c1-33-16-5-6-20-17(8-16)18(12-25(20)13-22(29)30)23(24(31)32)26-9-14-7-15(11-26)19-3-2-4-21(28)27(19)10-14/h2-6,8,12,14-15,23H,7,9-11,13H2,1H3,(H,29,30)(H,31,32)/t14-,15-,23-/m0/s1. The van der Waals surface area contributed by atoms with Crippen LogP contribution in [0.5, 0.6) is 5.75 Å². The number of carboxylic acids is 2. The molecule has 0 saturated carbocycles. The Bertz CT molecular complexity index is 1310. The predicted octanol–water partition coefficient (Wildman–Crippen LogP) is 2.14. The van der Waals surface area contributed by atoms with Gasteiger partial charge in [0.1, 0.15) is 18.3 Å². The first kappa shape index (κ1) is 21.3. The topological polar surface area (TPSA) is 114 Å². The van der Waals surface area contributed by atoms with Crippen LogP contribution in [0.25, 0.3) is 10.9 Å². The van der Waals surface area contributed by atoms with Gasteiger partial charge in [-0.2, -0.15) is 0 Å². The second-order valence-electron chi connectivity index (χ2n) is 8.88. The van der Waals surface area contributed by atoms with Crippen molar-refractivity contribution in [2.75, 3.05) is 20.2 Å². The molecule has 2 aromatic heterocycles. The highest BCUT2D eigenvalue weighted by atomic mass is 16.5. The highest BCUT2D eigenvalue weighted by molar-refractivity contribution is 5.91. The molecule has 1 saturated heterocycles. The van der Waals surface area contributed by atoms with Crippen molar-refractivity contribution in [2.24, 2.45) is 5.92 Å². The van der Waals surface area contributed by atoms with Gasteiger partial charge < -0.3 is 24.1 Å². The molecule has 9 nitrogen and oxygen atoms in total. The zero-order chi connectivity index (χ0) is 23.3. The van der Waals surface area contributed by atoms with Crippen LogP contribution in [0.1, 0.15) is 29.6 Å². The minimum atomic E-state index is -1.00. The Morgan fingerprint density at radius 2 is 1.97 bits per heavy atom. The Morgan fingerprint density at radius 3 is 2.70 bits per heavy atom. The first-order valence-corrected chi connectivity index (χ1v) is 10.9. The number of hydrogen-bond donors (Lipinski definition) is 2. The van der Waals surface area contributed by atoms with E-state index in [4.69, 9.17) is 4.74 Å². The lowest BCUT2D eigenvalue weighted by molar-refractivity contribution is -0.144. The van der Waals surface area contributed by atoms with Gasteiger partial charge >= 0.3 is 11.9 Å². The Labute approximate surface area is 189 Å². The average molecular weight is 451 g/mol. The van der Waals surface area contributed by atoms with Crippen molar-refractivity contribution in [1.29, 1.82) is 0 Å². The van der Waals surface area contributed by atoms with E-state index in [-0.39, 0.29) is 23.9 Å². The lowest BCUT2D eigenvalue weighted by atomic mass is 9.82. The number of benzene rings is 1. The molecule has 5 rings (SSSR count).